The van der Waals surface area contributed by atoms with E-state index in [1.807, 2.05) is 0 Å². The lowest BCUT2D eigenvalue weighted by atomic mass is 10.2. The fourth-order valence-electron chi connectivity index (χ4n) is 1.47. The fourth-order valence-corrected chi connectivity index (χ4v) is 1.47. The number of likely N-dealkylation sites (tertiary alicyclic amines) is 1. The van der Waals surface area contributed by atoms with Crippen molar-refractivity contribution >= 4 is 11.9 Å². The Morgan fingerprint density at radius 2 is 2.36 bits per heavy atom. The normalized spacial score (nSPS) is 19.3. The molecular weight excluding hydrogens is 178 g/mol. The molecule has 0 aromatic carbocycles. The van der Waals surface area contributed by atoms with E-state index < -0.39 is 0 Å². The first kappa shape index (κ1) is 10.8. The first-order chi connectivity index (χ1) is 6.75. The zero-order valence-electron chi connectivity index (χ0n) is 8.41. The molecular formula is C10H17N3O. The number of aliphatic imine (C=N–C) groups is 1. The van der Waals surface area contributed by atoms with E-state index in [0.717, 1.165) is 19.3 Å². The number of nitrogens with two attached hydrogens (primary N) is 1. The van der Waals surface area contributed by atoms with Crippen molar-refractivity contribution in [3.8, 4) is 0 Å². The lowest BCUT2D eigenvalue weighted by molar-refractivity contribution is -0.127. The van der Waals surface area contributed by atoms with Gasteiger partial charge in [0, 0.05) is 13.0 Å². The summed E-state index contributed by atoms with van der Waals surface area (Å²) in [5.41, 5.74) is 5.70. The molecule has 1 amide bonds. The minimum Gasteiger partial charge on any atom is -0.369 e. The Labute approximate surface area is 84.5 Å². The van der Waals surface area contributed by atoms with Gasteiger partial charge in [-0.2, -0.15) is 0 Å². The van der Waals surface area contributed by atoms with Gasteiger partial charge in [-0.05, 0) is 12.8 Å². The monoisotopic (exact) mass is 195 g/mol. The second kappa shape index (κ2) is 5.42. The maximum Gasteiger partial charge on any atom is 0.229 e. The van der Waals surface area contributed by atoms with E-state index in [0.29, 0.717) is 25.5 Å². The van der Waals surface area contributed by atoms with Crippen LogP contribution in [-0.4, -0.2) is 29.9 Å². The predicted molar refractivity (Wildman–Crippen MR) is 56.9 cm³/mol. The molecule has 4 nitrogen and oxygen atoms in total. The molecule has 0 atom stereocenters. The minimum absolute atomic E-state index is 0.0906. The molecule has 0 aliphatic carbocycles. The van der Waals surface area contributed by atoms with E-state index in [2.05, 4.69) is 11.6 Å². The Balaban J connectivity index is 2.62. The summed E-state index contributed by atoms with van der Waals surface area (Å²) in [6, 6.07) is 0. The van der Waals surface area contributed by atoms with E-state index in [4.69, 9.17) is 5.73 Å². The Hall–Kier alpha value is -1.32. The van der Waals surface area contributed by atoms with E-state index in [1.54, 1.807) is 11.0 Å². The van der Waals surface area contributed by atoms with Crippen molar-refractivity contribution in [2.45, 2.75) is 25.7 Å². The number of carbonyl (C=O) groups excluding carboxylic acids is 1. The van der Waals surface area contributed by atoms with Gasteiger partial charge >= 0.3 is 0 Å². The van der Waals surface area contributed by atoms with Crippen LogP contribution in [0.15, 0.2) is 17.6 Å². The second-order valence-electron chi connectivity index (χ2n) is 3.34. The first-order valence-electron chi connectivity index (χ1n) is 4.97. The summed E-state index contributed by atoms with van der Waals surface area (Å²) in [7, 11) is 0. The van der Waals surface area contributed by atoms with Crippen LogP contribution >= 0.6 is 0 Å². The van der Waals surface area contributed by atoms with Crippen LogP contribution in [0.3, 0.4) is 0 Å². The highest BCUT2D eigenvalue weighted by Gasteiger charge is 2.18. The fraction of sp³-hybridized carbons (Fsp3) is 0.600. The summed E-state index contributed by atoms with van der Waals surface area (Å²) in [6.07, 6.45) is 5.32. The molecule has 2 N–H and O–H groups in total. The number of carbonyl (C=O) groups is 1. The van der Waals surface area contributed by atoms with Crippen LogP contribution in [0, 0.1) is 0 Å². The number of guanidine groups is 1. The lowest BCUT2D eigenvalue weighted by Crippen LogP contribution is -2.41. The van der Waals surface area contributed by atoms with Crippen molar-refractivity contribution in [1.29, 1.82) is 0 Å². The average Bonchev–Trinajstić information content (AvgIpc) is 2.39. The van der Waals surface area contributed by atoms with Gasteiger partial charge in [-0.25, -0.2) is 4.99 Å². The highest BCUT2D eigenvalue weighted by molar-refractivity contribution is 5.96. The van der Waals surface area contributed by atoms with Gasteiger partial charge in [0.2, 0.25) is 5.91 Å². The quantitative estimate of drug-likeness (QED) is 0.404. The minimum atomic E-state index is 0.0906. The van der Waals surface area contributed by atoms with Crippen molar-refractivity contribution in [2.24, 2.45) is 10.7 Å². The number of hydrogen-bond donors (Lipinski definition) is 1. The largest absolute Gasteiger partial charge is 0.369 e. The molecule has 1 aliphatic heterocycles. The van der Waals surface area contributed by atoms with Crippen LogP contribution in [0.25, 0.3) is 0 Å². The molecule has 0 radical (unpaired) electrons. The summed E-state index contributed by atoms with van der Waals surface area (Å²) in [6.45, 7) is 4.72. The van der Waals surface area contributed by atoms with Crippen molar-refractivity contribution < 1.29 is 4.79 Å². The summed E-state index contributed by atoms with van der Waals surface area (Å²) in [5.74, 6) is 0.421. The van der Waals surface area contributed by atoms with Crippen LogP contribution < -0.4 is 5.73 Å². The van der Waals surface area contributed by atoms with Gasteiger partial charge in [0.1, 0.15) is 0 Å². The van der Waals surface area contributed by atoms with E-state index in [1.165, 1.54) is 0 Å². The van der Waals surface area contributed by atoms with Crippen LogP contribution in [0.5, 0.6) is 0 Å². The standard InChI is InChI=1S/C10H17N3O/c1-2-7-12-10(11)13-8-5-3-4-6-9(13)14/h2H,1,3-8H2,(H2,11,12). The maximum atomic E-state index is 11.6. The topological polar surface area (TPSA) is 58.7 Å². The number of amides is 1. The molecule has 0 unspecified atom stereocenters. The average molecular weight is 195 g/mol. The third-order valence-electron chi connectivity index (χ3n) is 2.23. The summed E-state index contributed by atoms with van der Waals surface area (Å²) >= 11 is 0. The third kappa shape index (κ3) is 2.87. The number of rotatable bonds is 2. The Kier molecular flexibility index (Phi) is 4.16. The van der Waals surface area contributed by atoms with E-state index >= 15 is 0 Å². The number of hydrogen-bond acceptors (Lipinski definition) is 2. The third-order valence-corrected chi connectivity index (χ3v) is 2.23. The molecule has 0 aromatic heterocycles. The first-order valence-corrected chi connectivity index (χ1v) is 4.97. The van der Waals surface area contributed by atoms with Gasteiger partial charge in [0.05, 0.1) is 6.54 Å². The van der Waals surface area contributed by atoms with Gasteiger partial charge in [-0.1, -0.05) is 12.5 Å². The molecule has 0 aromatic rings. The molecule has 1 aliphatic rings. The highest BCUT2D eigenvalue weighted by atomic mass is 16.2. The van der Waals surface area contributed by atoms with Gasteiger partial charge in [-0.3, -0.25) is 9.69 Å². The second-order valence-corrected chi connectivity index (χ2v) is 3.34. The van der Waals surface area contributed by atoms with Crippen molar-refractivity contribution in [3.63, 3.8) is 0 Å². The number of nitrogens with zero attached hydrogens (tertiary/aromatic N) is 2. The summed E-state index contributed by atoms with van der Waals surface area (Å²) in [5, 5.41) is 0. The zero-order valence-corrected chi connectivity index (χ0v) is 8.41. The van der Waals surface area contributed by atoms with Crippen LogP contribution in [0.4, 0.5) is 0 Å². The summed E-state index contributed by atoms with van der Waals surface area (Å²) < 4.78 is 0. The Morgan fingerprint density at radius 1 is 1.57 bits per heavy atom. The van der Waals surface area contributed by atoms with Crippen LogP contribution in [0.1, 0.15) is 25.7 Å². The predicted octanol–water partition coefficient (Wildman–Crippen LogP) is 0.890. The Morgan fingerprint density at radius 3 is 3.07 bits per heavy atom. The van der Waals surface area contributed by atoms with Crippen LogP contribution in [0.2, 0.25) is 0 Å². The molecule has 4 heteroatoms. The molecule has 14 heavy (non-hydrogen) atoms. The van der Waals surface area contributed by atoms with Crippen molar-refractivity contribution in [2.75, 3.05) is 13.1 Å². The van der Waals surface area contributed by atoms with Crippen LogP contribution in [-0.2, 0) is 4.79 Å². The van der Waals surface area contributed by atoms with E-state index in [-0.39, 0.29) is 5.91 Å². The zero-order chi connectivity index (χ0) is 10.4. The molecule has 1 fully saturated rings. The van der Waals surface area contributed by atoms with Gasteiger partial charge in [0.15, 0.2) is 5.96 Å². The lowest BCUT2D eigenvalue weighted by Gasteiger charge is -2.18. The molecule has 1 rings (SSSR count). The summed E-state index contributed by atoms with van der Waals surface area (Å²) in [4.78, 5) is 17.2. The van der Waals surface area contributed by atoms with Gasteiger partial charge in [0.25, 0.3) is 0 Å². The van der Waals surface area contributed by atoms with Gasteiger partial charge < -0.3 is 5.73 Å². The van der Waals surface area contributed by atoms with E-state index in [9.17, 15) is 4.79 Å². The maximum absolute atomic E-state index is 11.6. The highest BCUT2D eigenvalue weighted by Crippen LogP contribution is 2.10. The molecule has 1 saturated heterocycles. The molecule has 1 heterocycles. The smallest absolute Gasteiger partial charge is 0.229 e. The van der Waals surface area contributed by atoms with Crippen molar-refractivity contribution in [3.05, 3.63) is 12.7 Å². The van der Waals surface area contributed by atoms with Crippen molar-refractivity contribution in [1.82, 2.24) is 4.90 Å². The Bertz CT molecular complexity index is 248. The molecule has 0 saturated carbocycles. The van der Waals surface area contributed by atoms with Gasteiger partial charge in [-0.15, -0.1) is 6.58 Å². The molecule has 78 valence electrons. The SMILES string of the molecule is C=CCN=C(N)N1CCCCCC1=O. The molecule has 0 spiro atoms. The molecule has 0 bridgehead atoms.